The maximum Gasteiger partial charge on any atom is 0.323 e. The van der Waals surface area contributed by atoms with Crippen molar-refractivity contribution >= 4 is 23.7 Å². The van der Waals surface area contributed by atoms with E-state index in [2.05, 4.69) is 10.6 Å². The molecule has 0 aromatic heterocycles. The van der Waals surface area contributed by atoms with Gasteiger partial charge in [0.25, 0.3) is 0 Å². The van der Waals surface area contributed by atoms with Crippen LogP contribution in [0.25, 0.3) is 0 Å². The lowest BCUT2D eigenvalue weighted by atomic mass is 10.2. The van der Waals surface area contributed by atoms with E-state index in [-0.39, 0.29) is 12.6 Å². The summed E-state index contributed by atoms with van der Waals surface area (Å²) < 4.78 is 5.26. The van der Waals surface area contributed by atoms with E-state index >= 15 is 0 Å². The van der Waals surface area contributed by atoms with E-state index in [0.717, 1.165) is 16.8 Å². The number of para-hydroxylation sites is 1. The first kappa shape index (κ1) is 15.6. The summed E-state index contributed by atoms with van der Waals surface area (Å²) in [6, 6.07) is 12.5. The van der Waals surface area contributed by atoms with Crippen molar-refractivity contribution in [3.05, 3.63) is 53.6 Å². The largest absolute Gasteiger partial charge is 0.486 e. The molecule has 2 rings (SSSR count). The highest BCUT2D eigenvalue weighted by atomic mass is 16.5. The SMILES string of the molecule is Cc1ccccc1NC(=O)Nc1ccc(OCC=O)c(C)c1. The van der Waals surface area contributed by atoms with E-state index in [1.54, 1.807) is 18.2 Å². The van der Waals surface area contributed by atoms with Crippen molar-refractivity contribution in [3.63, 3.8) is 0 Å². The summed E-state index contributed by atoms with van der Waals surface area (Å²) in [6.45, 7) is 3.80. The van der Waals surface area contributed by atoms with Gasteiger partial charge in [0.05, 0.1) is 0 Å². The number of hydrogen-bond acceptors (Lipinski definition) is 3. The van der Waals surface area contributed by atoms with Gasteiger partial charge < -0.3 is 15.4 Å². The number of amides is 2. The number of urea groups is 1. The Kier molecular flexibility index (Phi) is 5.14. The van der Waals surface area contributed by atoms with Crippen LogP contribution in [0.15, 0.2) is 42.5 Å². The molecule has 0 spiro atoms. The maximum absolute atomic E-state index is 12.0. The average Bonchev–Trinajstić information content (AvgIpc) is 2.49. The van der Waals surface area contributed by atoms with Crippen LogP contribution < -0.4 is 15.4 Å². The van der Waals surface area contributed by atoms with Gasteiger partial charge >= 0.3 is 6.03 Å². The number of ether oxygens (including phenoxy) is 1. The molecule has 22 heavy (non-hydrogen) atoms. The zero-order valence-corrected chi connectivity index (χ0v) is 12.6. The van der Waals surface area contributed by atoms with Crippen LogP contribution in [0.2, 0.25) is 0 Å². The molecule has 2 aromatic rings. The lowest BCUT2D eigenvalue weighted by Crippen LogP contribution is -2.20. The summed E-state index contributed by atoms with van der Waals surface area (Å²) in [5.74, 6) is 0.622. The Balaban J connectivity index is 2.01. The number of rotatable bonds is 5. The Hall–Kier alpha value is -2.82. The van der Waals surface area contributed by atoms with Crippen molar-refractivity contribution in [3.8, 4) is 5.75 Å². The lowest BCUT2D eigenvalue weighted by Gasteiger charge is -2.12. The minimum absolute atomic E-state index is 0.0153. The first-order valence-corrected chi connectivity index (χ1v) is 6.91. The van der Waals surface area contributed by atoms with Crippen molar-refractivity contribution in [2.45, 2.75) is 13.8 Å². The van der Waals surface area contributed by atoms with Crippen LogP contribution in [0.4, 0.5) is 16.2 Å². The van der Waals surface area contributed by atoms with Gasteiger partial charge in [-0.3, -0.25) is 4.79 Å². The fraction of sp³-hybridized carbons (Fsp3) is 0.176. The van der Waals surface area contributed by atoms with Gasteiger partial charge in [-0.15, -0.1) is 0 Å². The van der Waals surface area contributed by atoms with Crippen molar-refractivity contribution in [1.29, 1.82) is 0 Å². The lowest BCUT2D eigenvalue weighted by molar-refractivity contribution is -0.109. The highest BCUT2D eigenvalue weighted by molar-refractivity contribution is 6.00. The maximum atomic E-state index is 12.0. The van der Waals surface area contributed by atoms with Gasteiger partial charge in [-0.25, -0.2) is 4.79 Å². The van der Waals surface area contributed by atoms with Gasteiger partial charge in [-0.2, -0.15) is 0 Å². The smallest absolute Gasteiger partial charge is 0.323 e. The van der Waals surface area contributed by atoms with Gasteiger partial charge in [0, 0.05) is 11.4 Å². The Bertz CT molecular complexity index is 683. The molecule has 0 radical (unpaired) electrons. The van der Waals surface area contributed by atoms with Gasteiger partial charge in [-0.05, 0) is 49.2 Å². The van der Waals surface area contributed by atoms with E-state index in [1.165, 1.54) is 0 Å². The molecule has 114 valence electrons. The third-order valence-corrected chi connectivity index (χ3v) is 3.13. The number of aldehydes is 1. The molecule has 2 N–H and O–H groups in total. The predicted molar refractivity (Wildman–Crippen MR) is 86.6 cm³/mol. The van der Waals surface area contributed by atoms with E-state index in [9.17, 15) is 9.59 Å². The van der Waals surface area contributed by atoms with Crippen LogP contribution in [0.1, 0.15) is 11.1 Å². The summed E-state index contributed by atoms with van der Waals surface area (Å²) in [7, 11) is 0. The number of nitrogens with one attached hydrogen (secondary N) is 2. The van der Waals surface area contributed by atoms with E-state index < -0.39 is 0 Å². The highest BCUT2D eigenvalue weighted by Gasteiger charge is 2.06. The van der Waals surface area contributed by atoms with E-state index in [0.29, 0.717) is 17.7 Å². The second-order valence-electron chi connectivity index (χ2n) is 4.85. The summed E-state index contributed by atoms with van der Waals surface area (Å²) in [4.78, 5) is 22.3. The fourth-order valence-corrected chi connectivity index (χ4v) is 2.01. The van der Waals surface area contributed by atoms with Crippen molar-refractivity contribution < 1.29 is 14.3 Å². The summed E-state index contributed by atoms with van der Waals surface area (Å²) >= 11 is 0. The minimum atomic E-state index is -0.310. The van der Waals surface area contributed by atoms with Crippen molar-refractivity contribution in [2.24, 2.45) is 0 Å². The van der Waals surface area contributed by atoms with Crippen LogP contribution in [-0.2, 0) is 4.79 Å². The minimum Gasteiger partial charge on any atom is -0.486 e. The molecular weight excluding hydrogens is 280 g/mol. The predicted octanol–water partition coefficient (Wildman–Crippen LogP) is 3.53. The Morgan fingerprint density at radius 3 is 2.55 bits per heavy atom. The molecule has 0 heterocycles. The van der Waals surface area contributed by atoms with Crippen LogP contribution in [-0.4, -0.2) is 18.9 Å². The molecule has 2 aromatic carbocycles. The number of carbonyl (C=O) groups is 2. The second-order valence-corrected chi connectivity index (χ2v) is 4.85. The molecule has 0 unspecified atom stereocenters. The molecule has 0 aliphatic carbocycles. The van der Waals surface area contributed by atoms with Gasteiger partial charge in [0.1, 0.15) is 12.4 Å². The van der Waals surface area contributed by atoms with Crippen LogP contribution in [0.5, 0.6) is 5.75 Å². The molecule has 0 atom stereocenters. The first-order valence-electron chi connectivity index (χ1n) is 6.91. The fourth-order valence-electron chi connectivity index (χ4n) is 2.01. The molecule has 0 aliphatic rings. The van der Waals surface area contributed by atoms with Crippen LogP contribution in [0, 0.1) is 13.8 Å². The average molecular weight is 298 g/mol. The Morgan fingerprint density at radius 2 is 1.86 bits per heavy atom. The molecule has 0 bridgehead atoms. The number of anilines is 2. The number of carbonyl (C=O) groups excluding carboxylic acids is 2. The monoisotopic (exact) mass is 298 g/mol. The molecule has 0 saturated heterocycles. The number of benzene rings is 2. The van der Waals surface area contributed by atoms with E-state index in [1.807, 2.05) is 38.1 Å². The van der Waals surface area contributed by atoms with Crippen LogP contribution >= 0.6 is 0 Å². The Morgan fingerprint density at radius 1 is 1.09 bits per heavy atom. The van der Waals surface area contributed by atoms with Crippen LogP contribution in [0.3, 0.4) is 0 Å². The summed E-state index contributed by atoms with van der Waals surface area (Å²) in [5.41, 5.74) is 3.26. The third kappa shape index (κ3) is 4.09. The van der Waals surface area contributed by atoms with Crippen molar-refractivity contribution in [2.75, 3.05) is 17.2 Å². The molecular formula is C17H18N2O3. The van der Waals surface area contributed by atoms with Crippen molar-refractivity contribution in [1.82, 2.24) is 0 Å². The third-order valence-electron chi connectivity index (χ3n) is 3.13. The molecule has 0 saturated carbocycles. The molecule has 0 fully saturated rings. The van der Waals surface area contributed by atoms with Gasteiger partial charge in [-0.1, -0.05) is 18.2 Å². The van der Waals surface area contributed by atoms with E-state index in [4.69, 9.17) is 4.74 Å². The number of aryl methyl sites for hydroxylation is 2. The van der Waals surface area contributed by atoms with Gasteiger partial charge in [0.15, 0.2) is 6.29 Å². The highest BCUT2D eigenvalue weighted by Crippen LogP contribution is 2.22. The molecule has 5 heteroatoms. The second kappa shape index (κ2) is 7.26. The first-order chi connectivity index (χ1) is 10.6. The van der Waals surface area contributed by atoms with Gasteiger partial charge in [0.2, 0.25) is 0 Å². The zero-order valence-electron chi connectivity index (χ0n) is 12.6. The normalized spacial score (nSPS) is 9.91. The molecule has 5 nitrogen and oxygen atoms in total. The summed E-state index contributed by atoms with van der Waals surface area (Å²) in [5, 5.41) is 5.57. The zero-order chi connectivity index (χ0) is 15.9. The summed E-state index contributed by atoms with van der Waals surface area (Å²) in [6.07, 6.45) is 0.696. The molecule has 0 aliphatic heterocycles. The number of hydrogen-bond donors (Lipinski definition) is 2. The molecule has 2 amide bonds. The standard InChI is InChI=1S/C17H18N2O3/c1-12-5-3-4-6-15(12)19-17(21)18-14-7-8-16(13(2)11-14)22-10-9-20/h3-9,11H,10H2,1-2H3,(H2,18,19,21). The topological polar surface area (TPSA) is 67.4 Å². The quantitative estimate of drug-likeness (QED) is 0.830. The Labute approximate surface area is 129 Å².